The Kier molecular flexibility index (Phi) is 1.83. The Balaban J connectivity index is 2.78. The normalized spacial score (nSPS) is 24.4. The summed E-state index contributed by atoms with van der Waals surface area (Å²) in [7, 11) is 0. The van der Waals surface area contributed by atoms with Crippen LogP contribution in [0.2, 0.25) is 0 Å². The van der Waals surface area contributed by atoms with Crippen molar-refractivity contribution < 1.29 is 4.79 Å². The summed E-state index contributed by atoms with van der Waals surface area (Å²) in [4.78, 5) is 10.8. The molecule has 0 saturated carbocycles. The molecule has 1 rings (SSSR count). The number of halogens is 2. The van der Waals surface area contributed by atoms with E-state index < -0.39 is 4.33 Å². The minimum Gasteiger partial charge on any atom is -0.291 e. The first-order valence-electron chi connectivity index (χ1n) is 2.72. The molecule has 0 amide bonds. The zero-order chi connectivity index (χ0) is 6.91. The summed E-state index contributed by atoms with van der Waals surface area (Å²) in [6.07, 6.45) is 4.54. The standard InChI is InChI=1S/C6H6Cl2O/c7-6(8)4-2-1-3-5(6)9/h1,3H,2,4H2. The number of ketones is 1. The van der Waals surface area contributed by atoms with Gasteiger partial charge >= 0.3 is 0 Å². The Morgan fingerprint density at radius 1 is 1.56 bits per heavy atom. The lowest BCUT2D eigenvalue weighted by Crippen LogP contribution is -2.25. The largest absolute Gasteiger partial charge is 0.291 e. The van der Waals surface area contributed by atoms with Gasteiger partial charge in [-0.2, -0.15) is 0 Å². The molecule has 0 saturated heterocycles. The van der Waals surface area contributed by atoms with Crippen LogP contribution in [-0.4, -0.2) is 10.1 Å². The van der Waals surface area contributed by atoms with Gasteiger partial charge in [0.05, 0.1) is 0 Å². The average Bonchev–Trinajstić information content (AvgIpc) is 1.77. The second-order valence-corrected chi connectivity index (χ2v) is 3.49. The lowest BCUT2D eigenvalue weighted by atomic mass is 10.1. The quantitative estimate of drug-likeness (QED) is 0.502. The first-order valence-corrected chi connectivity index (χ1v) is 3.47. The second kappa shape index (κ2) is 2.31. The maximum Gasteiger partial charge on any atom is 0.191 e. The molecule has 0 fully saturated rings. The van der Waals surface area contributed by atoms with Gasteiger partial charge in [0.15, 0.2) is 10.1 Å². The lowest BCUT2D eigenvalue weighted by molar-refractivity contribution is -0.115. The predicted octanol–water partition coefficient (Wildman–Crippen LogP) is 2.08. The molecule has 0 atom stereocenters. The van der Waals surface area contributed by atoms with Gasteiger partial charge in [0.2, 0.25) is 0 Å². The van der Waals surface area contributed by atoms with Crippen molar-refractivity contribution in [3.05, 3.63) is 12.2 Å². The van der Waals surface area contributed by atoms with Gasteiger partial charge in [-0.1, -0.05) is 29.3 Å². The fraction of sp³-hybridized carbons (Fsp3) is 0.500. The monoisotopic (exact) mass is 164 g/mol. The van der Waals surface area contributed by atoms with Crippen LogP contribution in [0.4, 0.5) is 0 Å². The SMILES string of the molecule is O=C1C=CCCC1(Cl)Cl. The highest BCUT2D eigenvalue weighted by molar-refractivity contribution is 6.59. The summed E-state index contributed by atoms with van der Waals surface area (Å²) in [5.74, 6) is -0.197. The summed E-state index contributed by atoms with van der Waals surface area (Å²) in [5, 5.41) is 0. The molecular formula is C6H6Cl2O. The maximum absolute atomic E-state index is 10.8. The Labute approximate surface area is 63.6 Å². The van der Waals surface area contributed by atoms with Crippen molar-refractivity contribution in [3.8, 4) is 0 Å². The summed E-state index contributed by atoms with van der Waals surface area (Å²) in [6, 6.07) is 0. The first-order chi connectivity index (χ1) is 4.13. The van der Waals surface area contributed by atoms with Gasteiger partial charge in [-0.25, -0.2) is 0 Å². The summed E-state index contributed by atoms with van der Waals surface area (Å²) < 4.78 is -1.14. The van der Waals surface area contributed by atoms with Crippen LogP contribution in [0.3, 0.4) is 0 Å². The summed E-state index contributed by atoms with van der Waals surface area (Å²) in [5.41, 5.74) is 0. The molecule has 0 N–H and O–H groups in total. The van der Waals surface area contributed by atoms with Crippen LogP contribution in [0.5, 0.6) is 0 Å². The third kappa shape index (κ3) is 1.46. The highest BCUT2D eigenvalue weighted by atomic mass is 35.5. The Morgan fingerprint density at radius 2 is 2.22 bits per heavy atom. The molecule has 0 aromatic heterocycles. The zero-order valence-electron chi connectivity index (χ0n) is 4.73. The molecule has 1 nitrogen and oxygen atoms in total. The molecule has 3 heteroatoms. The van der Waals surface area contributed by atoms with Crippen LogP contribution in [-0.2, 0) is 4.79 Å². The van der Waals surface area contributed by atoms with Crippen LogP contribution in [0.15, 0.2) is 12.2 Å². The fourth-order valence-corrected chi connectivity index (χ4v) is 1.04. The molecule has 0 bridgehead atoms. The van der Waals surface area contributed by atoms with E-state index in [1.807, 2.05) is 0 Å². The van der Waals surface area contributed by atoms with Gasteiger partial charge in [-0.15, -0.1) is 0 Å². The predicted molar refractivity (Wildman–Crippen MR) is 37.8 cm³/mol. The number of alkyl halides is 2. The Morgan fingerprint density at radius 3 is 2.56 bits per heavy atom. The average molecular weight is 165 g/mol. The van der Waals surface area contributed by atoms with Crippen LogP contribution < -0.4 is 0 Å². The summed E-state index contributed by atoms with van der Waals surface area (Å²) >= 11 is 11.2. The van der Waals surface area contributed by atoms with Crippen molar-refractivity contribution in [1.29, 1.82) is 0 Å². The van der Waals surface area contributed by atoms with Crippen LogP contribution in [0.1, 0.15) is 12.8 Å². The Hall–Kier alpha value is -0.0100. The topological polar surface area (TPSA) is 17.1 Å². The van der Waals surface area contributed by atoms with Crippen LogP contribution >= 0.6 is 23.2 Å². The highest BCUT2D eigenvalue weighted by Gasteiger charge is 2.32. The zero-order valence-corrected chi connectivity index (χ0v) is 6.24. The third-order valence-electron chi connectivity index (χ3n) is 1.25. The van der Waals surface area contributed by atoms with Crippen molar-refractivity contribution in [2.75, 3.05) is 0 Å². The van der Waals surface area contributed by atoms with Gasteiger partial charge in [0.1, 0.15) is 0 Å². The molecule has 0 aromatic carbocycles. The molecule has 9 heavy (non-hydrogen) atoms. The smallest absolute Gasteiger partial charge is 0.191 e. The van der Waals surface area contributed by atoms with E-state index in [-0.39, 0.29) is 5.78 Å². The number of hydrogen-bond donors (Lipinski definition) is 0. The minimum absolute atomic E-state index is 0.197. The van der Waals surface area contributed by atoms with E-state index in [1.165, 1.54) is 6.08 Å². The number of hydrogen-bond acceptors (Lipinski definition) is 1. The molecular weight excluding hydrogens is 159 g/mol. The van der Waals surface area contributed by atoms with E-state index in [4.69, 9.17) is 23.2 Å². The van der Waals surface area contributed by atoms with Crippen molar-refractivity contribution in [2.45, 2.75) is 17.2 Å². The van der Waals surface area contributed by atoms with E-state index >= 15 is 0 Å². The molecule has 0 heterocycles. The number of allylic oxidation sites excluding steroid dienone is 2. The third-order valence-corrected chi connectivity index (χ3v) is 2.01. The molecule has 1 aliphatic carbocycles. The molecule has 0 unspecified atom stereocenters. The van der Waals surface area contributed by atoms with Crippen LogP contribution in [0, 0.1) is 0 Å². The van der Waals surface area contributed by atoms with E-state index in [2.05, 4.69) is 0 Å². The molecule has 0 radical (unpaired) electrons. The van der Waals surface area contributed by atoms with Crippen molar-refractivity contribution >= 4 is 29.0 Å². The first kappa shape index (κ1) is 7.10. The number of carbonyl (C=O) groups is 1. The van der Waals surface area contributed by atoms with E-state index in [9.17, 15) is 4.79 Å². The number of carbonyl (C=O) groups excluding carboxylic acids is 1. The summed E-state index contributed by atoms with van der Waals surface area (Å²) in [6.45, 7) is 0. The van der Waals surface area contributed by atoms with E-state index in [0.29, 0.717) is 6.42 Å². The maximum atomic E-state index is 10.8. The Bertz CT molecular complexity index is 160. The van der Waals surface area contributed by atoms with Gasteiger partial charge in [0, 0.05) is 0 Å². The molecule has 0 spiro atoms. The van der Waals surface area contributed by atoms with Gasteiger partial charge in [-0.05, 0) is 18.9 Å². The molecule has 1 aliphatic rings. The highest BCUT2D eigenvalue weighted by Crippen LogP contribution is 2.31. The van der Waals surface area contributed by atoms with E-state index in [0.717, 1.165) is 6.42 Å². The van der Waals surface area contributed by atoms with Crippen molar-refractivity contribution in [3.63, 3.8) is 0 Å². The molecule has 50 valence electrons. The second-order valence-electron chi connectivity index (χ2n) is 2.01. The molecule has 0 aliphatic heterocycles. The van der Waals surface area contributed by atoms with Crippen molar-refractivity contribution in [1.82, 2.24) is 0 Å². The number of rotatable bonds is 0. The van der Waals surface area contributed by atoms with Crippen molar-refractivity contribution in [2.24, 2.45) is 0 Å². The van der Waals surface area contributed by atoms with Gasteiger partial charge in [-0.3, -0.25) is 4.79 Å². The lowest BCUT2D eigenvalue weighted by Gasteiger charge is -2.17. The minimum atomic E-state index is -1.14. The van der Waals surface area contributed by atoms with Crippen LogP contribution in [0.25, 0.3) is 0 Å². The fourth-order valence-electron chi connectivity index (χ4n) is 0.700. The van der Waals surface area contributed by atoms with E-state index in [1.54, 1.807) is 6.08 Å². The molecule has 0 aromatic rings. The van der Waals surface area contributed by atoms with Gasteiger partial charge in [0.25, 0.3) is 0 Å². The van der Waals surface area contributed by atoms with Gasteiger partial charge < -0.3 is 0 Å².